The fourth-order valence-electron chi connectivity index (χ4n) is 2.27. The molecule has 21 heavy (non-hydrogen) atoms. The summed E-state index contributed by atoms with van der Waals surface area (Å²) in [6, 6.07) is 11.1. The summed E-state index contributed by atoms with van der Waals surface area (Å²) in [6.45, 7) is 7.11. The van der Waals surface area contributed by atoms with Gasteiger partial charge in [0.2, 0.25) is 0 Å². The molecule has 0 radical (unpaired) electrons. The van der Waals surface area contributed by atoms with Crippen LogP contribution in [0.25, 0.3) is 11.1 Å². The van der Waals surface area contributed by atoms with Crippen molar-refractivity contribution in [1.82, 2.24) is 5.32 Å². The number of aryl methyl sites for hydroxylation is 1. The number of halogens is 2. The Balaban J connectivity index is 2.36. The lowest BCUT2D eigenvalue weighted by atomic mass is 9.98. The van der Waals surface area contributed by atoms with Gasteiger partial charge in [0.25, 0.3) is 0 Å². The molecule has 1 nitrogen and oxygen atoms in total. The van der Waals surface area contributed by atoms with E-state index in [1.54, 1.807) is 0 Å². The lowest BCUT2D eigenvalue weighted by molar-refractivity contribution is 0.568. The van der Waals surface area contributed by atoms with Crippen LogP contribution >= 0.6 is 11.6 Å². The van der Waals surface area contributed by atoms with Crippen molar-refractivity contribution in [2.45, 2.75) is 33.2 Å². The van der Waals surface area contributed by atoms with Crippen LogP contribution in [0.3, 0.4) is 0 Å². The van der Waals surface area contributed by atoms with Crippen LogP contribution in [0.1, 0.15) is 37.4 Å². The van der Waals surface area contributed by atoms with E-state index >= 15 is 0 Å². The third-order valence-corrected chi connectivity index (χ3v) is 4.08. The van der Waals surface area contributed by atoms with Gasteiger partial charge in [-0.05, 0) is 61.7 Å². The Morgan fingerprint density at radius 1 is 1.19 bits per heavy atom. The predicted molar refractivity (Wildman–Crippen MR) is 88.3 cm³/mol. The van der Waals surface area contributed by atoms with Gasteiger partial charge < -0.3 is 5.32 Å². The second-order valence-corrected chi connectivity index (χ2v) is 5.79. The Kier molecular flexibility index (Phi) is 5.38. The normalized spacial score (nSPS) is 12.4. The largest absolute Gasteiger partial charge is 0.310 e. The topological polar surface area (TPSA) is 12.0 Å². The minimum Gasteiger partial charge on any atom is -0.310 e. The zero-order valence-electron chi connectivity index (χ0n) is 12.7. The molecule has 0 aliphatic rings. The SMILES string of the molecule is CCCNC(C)c1ccc(F)c(-c2ccc(C)c(Cl)c2)c1. The minimum atomic E-state index is -0.221. The first-order valence-electron chi connectivity index (χ1n) is 7.32. The molecule has 1 N–H and O–H groups in total. The van der Waals surface area contributed by atoms with Crippen LogP contribution in [0.5, 0.6) is 0 Å². The molecule has 0 heterocycles. The van der Waals surface area contributed by atoms with Gasteiger partial charge in [0.1, 0.15) is 5.82 Å². The summed E-state index contributed by atoms with van der Waals surface area (Å²) in [5.74, 6) is -0.221. The molecular formula is C18H21ClFN. The summed E-state index contributed by atoms with van der Waals surface area (Å²) in [6.07, 6.45) is 1.08. The van der Waals surface area contributed by atoms with Gasteiger partial charge >= 0.3 is 0 Å². The van der Waals surface area contributed by atoms with Crippen LogP contribution in [0, 0.1) is 12.7 Å². The molecule has 1 unspecified atom stereocenters. The Labute approximate surface area is 131 Å². The van der Waals surface area contributed by atoms with Gasteiger partial charge in [0.15, 0.2) is 0 Å². The smallest absolute Gasteiger partial charge is 0.131 e. The van der Waals surface area contributed by atoms with Crippen molar-refractivity contribution in [2.75, 3.05) is 6.54 Å². The molecule has 0 amide bonds. The number of benzene rings is 2. The molecule has 0 aromatic heterocycles. The Morgan fingerprint density at radius 3 is 2.62 bits per heavy atom. The molecule has 0 saturated carbocycles. The molecule has 0 aliphatic heterocycles. The van der Waals surface area contributed by atoms with Crippen molar-refractivity contribution in [3.8, 4) is 11.1 Å². The second kappa shape index (κ2) is 7.06. The molecule has 0 aliphatic carbocycles. The molecule has 2 rings (SSSR count). The lowest BCUT2D eigenvalue weighted by Crippen LogP contribution is -2.19. The molecule has 0 saturated heterocycles. The molecule has 3 heteroatoms. The van der Waals surface area contributed by atoms with E-state index in [2.05, 4.69) is 19.2 Å². The highest BCUT2D eigenvalue weighted by molar-refractivity contribution is 6.31. The fraction of sp³-hybridized carbons (Fsp3) is 0.333. The highest BCUT2D eigenvalue weighted by atomic mass is 35.5. The maximum absolute atomic E-state index is 14.1. The third-order valence-electron chi connectivity index (χ3n) is 3.67. The van der Waals surface area contributed by atoms with Crippen LogP contribution in [-0.2, 0) is 0 Å². The number of hydrogen-bond acceptors (Lipinski definition) is 1. The molecule has 0 bridgehead atoms. The van der Waals surface area contributed by atoms with Gasteiger partial charge in [0, 0.05) is 16.6 Å². The first-order valence-corrected chi connectivity index (χ1v) is 7.70. The van der Waals surface area contributed by atoms with E-state index < -0.39 is 0 Å². The summed E-state index contributed by atoms with van der Waals surface area (Å²) in [5.41, 5.74) is 3.48. The molecule has 0 spiro atoms. The highest BCUT2D eigenvalue weighted by Gasteiger charge is 2.11. The Bertz CT molecular complexity index is 625. The van der Waals surface area contributed by atoms with Crippen LogP contribution < -0.4 is 5.32 Å². The number of rotatable bonds is 5. The maximum atomic E-state index is 14.1. The first-order chi connectivity index (χ1) is 10.0. The zero-order valence-corrected chi connectivity index (χ0v) is 13.5. The van der Waals surface area contributed by atoms with Crippen molar-refractivity contribution < 1.29 is 4.39 Å². The standard InChI is InChI=1S/C18H21ClFN/c1-4-9-21-13(3)14-7-8-18(20)16(10-14)15-6-5-12(2)17(19)11-15/h5-8,10-11,13,21H,4,9H2,1-3H3. The molecular weight excluding hydrogens is 285 g/mol. The van der Waals surface area contributed by atoms with Gasteiger partial charge in [-0.3, -0.25) is 0 Å². The third kappa shape index (κ3) is 3.84. The van der Waals surface area contributed by atoms with Crippen LogP contribution in [0.15, 0.2) is 36.4 Å². The Morgan fingerprint density at radius 2 is 1.95 bits per heavy atom. The average molecular weight is 306 g/mol. The molecule has 112 valence electrons. The van der Waals surface area contributed by atoms with Crippen molar-refractivity contribution in [3.05, 3.63) is 58.4 Å². The van der Waals surface area contributed by atoms with E-state index in [1.165, 1.54) is 6.07 Å². The minimum absolute atomic E-state index is 0.199. The molecule has 1 atom stereocenters. The lowest BCUT2D eigenvalue weighted by Gasteiger charge is -2.15. The van der Waals surface area contributed by atoms with Gasteiger partial charge in [-0.15, -0.1) is 0 Å². The summed E-state index contributed by atoms with van der Waals surface area (Å²) in [7, 11) is 0. The van der Waals surface area contributed by atoms with Gasteiger partial charge in [-0.2, -0.15) is 0 Å². The first kappa shape index (κ1) is 16.0. The Hall–Kier alpha value is -1.38. The summed E-state index contributed by atoms with van der Waals surface area (Å²) in [5, 5.41) is 4.08. The van der Waals surface area contributed by atoms with Crippen LogP contribution in [-0.4, -0.2) is 6.54 Å². The van der Waals surface area contributed by atoms with Gasteiger partial charge in [-0.25, -0.2) is 4.39 Å². The van der Waals surface area contributed by atoms with Crippen molar-refractivity contribution in [1.29, 1.82) is 0 Å². The molecule has 2 aromatic carbocycles. The second-order valence-electron chi connectivity index (χ2n) is 5.38. The van der Waals surface area contributed by atoms with E-state index in [0.717, 1.165) is 29.7 Å². The quantitative estimate of drug-likeness (QED) is 0.767. The van der Waals surface area contributed by atoms with Crippen molar-refractivity contribution >= 4 is 11.6 Å². The van der Waals surface area contributed by atoms with E-state index in [-0.39, 0.29) is 11.9 Å². The molecule has 2 aromatic rings. The summed E-state index contributed by atoms with van der Waals surface area (Å²) < 4.78 is 14.1. The maximum Gasteiger partial charge on any atom is 0.131 e. The summed E-state index contributed by atoms with van der Waals surface area (Å²) in [4.78, 5) is 0. The van der Waals surface area contributed by atoms with Gasteiger partial charge in [0.05, 0.1) is 0 Å². The van der Waals surface area contributed by atoms with Crippen LogP contribution in [0.4, 0.5) is 4.39 Å². The average Bonchev–Trinajstić information content (AvgIpc) is 2.48. The number of nitrogens with one attached hydrogen (secondary N) is 1. The van der Waals surface area contributed by atoms with Crippen molar-refractivity contribution in [3.63, 3.8) is 0 Å². The van der Waals surface area contributed by atoms with Crippen molar-refractivity contribution in [2.24, 2.45) is 0 Å². The van der Waals surface area contributed by atoms with E-state index in [9.17, 15) is 4.39 Å². The van der Waals surface area contributed by atoms with E-state index in [1.807, 2.05) is 37.3 Å². The summed E-state index contributed by atoms with van der Waals surface area (Å²) >= 11 is 6.15. The van der Waals surface area contributed by atoms with E-state index in [4.69, 9.17) is 11.6 Å². The van der Waals surface area contributed by atoms with E-state index in [0.29, 0.717) is 10.6 Å². The highest BCUT2D eigenvalue weighted by Crippen LogP contribution is 2.29. The predicted octanol–water partition coefficient (Wildman–Crippen LogP) is 5.52. The monoisotopic (exact) mass is 305 g/mol. The van der Waals surface area contributed by atoms with Gasteiger partial charge in [-0.1, -0.05) is 36.7 Å². The zero-order chi connectivity index (χ0) is 15.4. The van der Waals surface area contributed by atoms with Crippen LogP contribution in [0.2, 0.25) is 5.02 Å². The fourth-order valence-corrected chi connectivity index (χ4v) is 2.45. The number of hydrogen-bond donors (Lipinski definition) is 1. The molecule has 0 fully saturated rings.